The van der Waals surface area contributed by atoms with Gasteiger partial charge in [0.05, 0.1) is 18.6 Å². The molecule has 2 aliphatic heterocycles. The summed E-state index contributed by atoms with van der Waals surface area (Å²) < 4.78 is 10.5. The molecule has 4 fully saturated rings. The molecule has 0 radical (unpaired) electrons. The van der Waals surface area contributed by atoms with E-state index < -0.39 is 6.10 Å². The highest BCUT2D eigenvalue weighted by Gasteiger charge is 2.49. The molecule has 0 amide bonds. The van der Waals surface area contributed by atoms with Gasteiger partial charge in [-0.3, -0.25) is 4.79 Å². The molecule has 0 spiro atoms. The van der Waals surface area contributed by atoms with Gasteiger partial charge in [-0.1, -0.05) is 6.92 Å². The Hall–Kier alpha value is -0.730. The lowest BCUT2D eigenvalue weighted by Gasteiger charge is -2.16. The number of rotatable bonds is 2. The molecular formula is C17H30O7. The highest BCUT2D eigenvalue weighted by molar-refractivity contribution is 5.72. The average molecular weight is 346 g/mol. The van der Waals surface area contributed by atoms with Crippen LogP contribution in [0.3, 0.4) is 0 Å². The summed E-state index contributed by atoms with van der Waals surface area (Å²) in [5.41, 5.74) is 0. The maximum absolute atomic E-state index is 10.8. The highest BCUT2D eigenvalue weighted by Crippen LogP contribution is 2.43. The standard InChI is InChI=1S/C9H16O2.C8H12O4.H2O/c1-6-4-9-7(2-3-11-9)8(6)5-10;9-3-5-4-1-8(11)12-7(4)2-6(5)10;/h6-10H,2-5H2,1H3;4-7,9-10H,1-3H2;1H2/t6-,7-,8+,9+;4-,5-,6-,7+;/m11./s1. The first-order valence-corrected chi connectivity index (χ1v) is 8.76. The minimum Gasteiger partial charge on any atom is -0.462 e. The van der Waals surface area contributed by atoms with E-state index in [-0.39, 0.29) is 36.0 Å². The first kappa shape index (κ1) is 19.6. The van der Waals surface area contributed by atoms with Crippen LogP contribution >= 0.6 is 0 Å². The van der Waals surface area contributed by atoms with E-state index in [1.807, 2.05) is 0 Å². The molecule has 4 rings (SSSR count). The zero-order valence-corrected chi connectivity index (χ0v) is 14.1. The Morgan fingerprint density at radius 3 is 2.46 bits per heavy atom. The van der Waals surface area contributed by atoms with Crippen LogP contribution in [0.15, 0.2) is 0 Å². The van der Waals surface area contributed by atoms with Crippen LogP contribution in [-0.2, 0) is 14.3 Å². The lowest BCUT2D eigenvalue weighted by Crippen LogP contribution is -2.23. The fraction of sp³-hybridized carbons (Fsp3) is 0.941. The van der Waals surface area contributed by atoms with Gasteiger partial charge in [0, 0.05) is 38.1 Å². The molecule has 0 aromatic rings. The predicted molar refractivity (Wildman–Crippen MR) is 85.0 cm³/mol. The highest BCUT2D eigenvalue weighted by atomic mass is 16.6. The van der Waals surface area contributed by atoms with E-state index in [0.717, 1.165) is 13.0 Å². The number of hydrogen-bond donors (Lipinski definition) is 3. The van der Waals surface area contributed by atoms with E-state index in [0.29, 0.717) is 43.3 Å². The number of aliphatic hydroxyl groups is 3. The number of hydrogen-bond acceptors (Lipinski definition) is 6. The maximum atomic E-state index is 10.8. The van der Waals surface area contributed by atoms with Crippen LogP contribution in [0.5, 0.6) is 0 Å². The van der Waals surface area contributed by atoms with Crippen LogP contribution in [0.1, 0.15) is 32.6 Å². The number of carbonyl (C=O) groups is 1. The van der Waals surface area contributed by atoms with Crippen molar-refractivity contribution in [2.45, 2.75) is 50.9 Å². The van der Waals surface area contributed by atoms with Crippen LogP contribution in [0.2, 0.25) is 0 Å². The van der Waals surface area contributed by atoms with Crippen molar-refractivity contribution in [2.75, 3.05) is 19.8 Å². The third kappa shape index (κ3) is 3.60. The number of ether oxygens (including phenoxy) is 2. The summed E-state index contributed by atoms with van der Waals surface area (Å²) >= 11 is 0. The lowest BCUT2D eigenvalue weighted by molar-refractivity contribution is -0.141. The van der Waals surface area contributed by atoms with Gasteiger partial charge in [0.15, 0.2) is 0 Å². The predicted octanol–water partition coefficient (Wildman–Crippen LogP) is -0.494. The summed E-state index contributed by atoms with van der Waals surface area (Å²) in [6.07, 6.45) is 3.00. The molecule has 140 valence electrons. The Bertz CT molecular complexity index is 429. The number of aliphatic hydroxyl groups excluding tert-OH is 3. The maximum Gasteiger partial charge on any atom is 0.306 e. The van der Waals surface area contributed by atoms with Crippen LogP contribution in [0.25, 0.3) is 0 Å². The Balaban J connectivity index is 0.000000167. The molecule has 8 atom stereocenters. The van der Waals surface area contributed by atoms with E-state index in [9.17, 15) is 9.90 Å². The van der Waals surface area contributed by atoms with Crippen molar-refractivity contribution in [3.8, 4) is 0 Å². The second kappa shape index (κ2) is 8.10. The first-order chi connectivity index (χ1) is 11.0. The van der Waals surface area contributed by atoms with Gasteiger partial charge in [0.1, 0.15) is 6.10 Å². The molecule has 24 heavy (non-hydrogen) atoms. The Kier molecular flexibility index (Phi) is 6.61. The smallest absolute Gasteiger partial charge is 0.306 e. The Morgan fingerprint density at radius 1 is 1.08 bits per heavy atom. The molecule has 0 unspecified atom stereocenters. The van der Waals surface area contributed by atoms with Crippen LogP contribution in [0.4, 0.5) is 0 Å². The summed E-state index contributed by atoms with van der Waals surface area (Å²) in [6.45, 7) is 3.44. The summed E-state index contributed by atoms with van der Waals surface area (Å²) in [4.78, 5) is 10.8. The van der Waals surface area contributed by atoms with Crippen molar-refractivity contribution in [3.05, 3.63) is 0 Å². The van der Waals surface area contributed by atoms with Crippen molar-refractivity contribution in [2.24, 2.45) is 29.6 Å². The average Bonchev–Trinajstić information content (AvgIpc) is 3.20. The molecular weight excluding hydrogens is 316 g/mol. The quantitative estimate of drug-likeness (QED) is 0.579. The monoisotopic (exact) mass is 346 g/mol. The van der Waals surface area contributed by atoms with Crippen molar-refractivity contribution >= 4 is 5.97 Å². The van der Waals surface area contributed by atoms with Crippen molar-refractivity contribution < 1.29 is 35.1 Å². The van der Waals surface area contributed by atoms with Gasteiger partial charge in [-0.05, 0) is 30.6 Å². The Morgan fingerprint density at radius 2 is 1.79 bits per heavy atom. The summed E-state index contributed by atoms with van der Waals surface area (Å²) in [7, 11) is 0. The number of esters is 1. The van der Waals surface area contributed by atoms with Crippen LogP contribution in [0, 0.1) is 29.6 Å². The van der Waals surface area contributed by atoms with Gasteiger partial charge >= 0.3 is 5.97 Å². The van der Waals surface area contributed by atoms with Gasteiger partial charge < -0.3 is 30.3 Å². The Labute approximate surface area is 142 Å². The molecule has 0 aromatic heterocycles. The normalized spacial score (nSPS) is 45.8. The molecule has 7 heteroatoms. The second-order valence-corrected chi connectivity index (χ2v) is 7.47. The molecule has 0 aromatic carbocycles. The van der Waals surface area contributed by atoms with E-state index in [2.05, 4.69) is 6.92 Å². The van der Waals surface area contributed by atoms with Crippen LogP contribution in [-0.4, -0.2) is 64.9 Å². The van der Waals surface area contributed by atoms with E-state index in [1.165, 1.54) is 6.42 Å². The molecule has 2 saturated carbocycles. The SMILES string of the molecule is C[C@@H]1C[C@@H]2OCC[C@@H]2[C@H]1CO.O.O=C1C[C@@H]2[C@@H](CO)[C@H](O)C[C@@H]2O1. The molecule has 0 bridgehead atoms. The number of carbonyl (C=O) groups excluding carboxylic acids is 1. The third-order valence-corrected chi connectivity index (χ3v) is 6.25. The van der Waals surface area contributed by atoms with Gasteiger partial charge in [0.2, 0.25) is 0 Å². The largest absolute Gasteiger partial charge is 0.462 e. The first-order valence-electron chi connectivity index (χ1n) is 8.76. The van der Waals surface area contributed by atoms with E-state index >= 15 is 0 Å². The minimum absolute atomic E-state index is 0. The molecule has 2 heterocycles. The molecule has 5 N–H and O–H groups in total. The van der Waals surface area contributed by atoms with Crippen LogP contribution < -0.4 is 0 Å². The van der Waals surface area contributed by atoms with E-state index in [1.54, 1.807) is 0 Å². The van der Waals surface area contributed by atoms with Crippen molar-refractivity contribution in [3.63, 3.8) is 0 Å². The van der Waals surface area contributed by atoms with Crippen molar-refractivity contribution in [1.29, 1.82) is 0 Å². The minimum atomic E-state index is -0.502. The molecule has 2 saturated heterocycles. The third-order valence-electron chi connectivity index (χ3n) is 6.25. The second-order valence-electron chi connectivity index (χ2n) is 7.47. The van der Waals surface area contributed by atoms with E-state index in [4.69, 9.17) is 19.7 Å². The number of fused-ring (bicyclic) bond motifs is 2. The van der Waals surface area contributed by atoms with Crippen molar-refractivity contribution in [1.82, 2.24) is 0 Å². The van der Waals surface area contributed by atoms with Gasteiger partial charge in [-0.2, -0.15) is 0 Å². The zero-order valence-electron chi connectivity index (χ0n) is 14.1. The zero-order chi connectivity index (χ0) is 16.6. The summed E-state index contributed by atoms with van der Waals surface area (Å²) in [5, 5.41) is 27.5. The lowest BCUT2D eigenvalue weighted by atomic mass is 9.90. The van der Waals surface area contributed by atoms with Gasteiger partial charge in [-0.25, -0.2) is 0 Å². The molecule has 7 nitrogen and oxygen atoms in total. The molecule has 2 aliphatic carbocycles. The molecule has 4 aliphatic rings. The fourth-order valence-corrected chi connectivity index (χ4v) is 4.91. The summed E-state index contributed by atoms with van der Waals surface area (Å²) in [6, 6.07) is 0. The topological polar surface area (TPSA) is 128 Å². The summed E-state index contributed by atoms with van der Waals surface area (Å²) in [5.74, 6) is 1.52. The van der Waals surface area contributed by atoms with Gasteiger partial charge in [0.25, 0.3) is 0 Å². The van der Waals surface area contributed by atoms with Gasteiger partial charge in [-0.15, -0.1) is 0 Å². The fourth-order valence-electron chi connectivity index (χ4n) is 4.91.